The van der Waals surface area contributed by atoms with E-state index < -0.39 is 0 Å². The molecule has 0 bridgehead atoms. The molecule has 0 spiro atoms. The fourth-order valence-electron chi connectivity index (χ4n) is 1.21. The molecule has 3 N–H and O–H groups in total. The number of hydrogen-bond donors (Lipinski definition) is 2. The van der Waals surface area contributed by atoms with Gasteiger partial charge in [0.1, 0.15) is 10.7 Å². The smallest absolute Gasteiger partial charge is 0.257 e. The van der Waals surface area contributed by atoms with Crippen molar-refractivity contribution in [2.75, 3.05) is 13.2 Å². The number of rotatable bonds is 5. The molecular formula is C11H13BrN2O2S. The van der Waals surface area contributed by atoms with Crippen LogP contribution in [0.3, 0.4) is 0 Å². The molecule has 0 heterocycles. The number of hydrogen-bond acceptors (Lipinski definition) is 3. The number of thiocarbonyl (C=S) groups is 1. The van der Waals surface area contributed by atoms with Gasteiger partial charge in [-0.05, 0) is 25.1 Å². The van der Waals surface area contributed by atoms with E-state index in [2.05, 4.69) is 21.2 Å². The summed E-state index contributed by atoms with van der Waals surface area (Å²) in [4.78, 5) is 11.5. The molecule has 92 valence electrons. The zero-order valence-electron chi connectivity index (χ0n) is 9.33. The van der Waals surface area contributed by atoms with Crippen molar-refractivity contribution in [1.82, 2.24) is 5.32 Å². The Morgan fingerprint density at radius 2 is 2.29 bits per heavy atom. The van der Waals surface area contributed by atoms with E-state index in [1.165, 1.54) is 0 Å². The van der Waals surface area contributed by atoms with Gasteiger partial charge in [0.25, 0.3) is 5.91 Å². The lowest BCUT2D eigenvalue weighted by atomic mass is 10.2. The van der Waals surface area contributed by atoms with Crippen LogP contribution < -0.4 is 15.8 Å². The minimum absolute atomic E-state index is 0.0505. The molecule has 0 radical (unpaired) electrons. The van der Waals surface area contributed by atoms with Gasteiger partial charge in [0, 0.05) is 11.0 Å². The lowest BCUT2D eigenvalue weighted by molar-refractivity contribution is -0.122. The maximum atomic E-state index is 11.3. The first-order chi connectivity index (χ1) is 8.04. The first-order valence-electron chi connectivity index (χ1n) is 5.03. The van der Waals surface area contributed by atoms with Crippen molar-refractivity contribution in [3.05, 3.63) is 28.2 Å². The van der Waals surface area contributed by atoms with Crippen molar-refractivity contribution < 1.29 is 9.53 Å². The molecule has 0 unspecified atom stereocenters. The van der Waals surface area contributed by atoms with Crippen molar-refractivity contribution in [3.8, 4) is 5.75 Å². The summed E-state index contributed by atoms with van der Waals surface area (Å²) in [7, 11) is 0. The molecule has 0 aliphatic carbocycles. The summed E-state index contributed by atoms with van der Waals surface area (Å²) in [5.74, 6) is 0.330. The number of likely N-dealkylation sites (N-methyl/N-ethyl adjacent to an activating group) is 1. The summed E-state index contributed by atoms with van der Waals surface area (Å²) in [6.45, 7) is 2.37. The van der Waals surface area contributed by atoms with E-state index in [1.807, 2.05) is 6.92 Å². The van der Waals surface area contributed by atoms with E-state index in [0.29, 0.717) is 17.9 Å². The van der Waals surface area contributed by atoms with Crippen LogP contribution in [0.4, 0.5) is 0 Å². The number of nitrogens with two attached hydrogens (primary N) is 1. The molecule has 17 heavy (non-hydrogen) atoms. The third-order valence-corrected chi connectivity index (χ3v) is 2.65. The molecule has 1 aromatic rings. The Bertz CT molecular complexity index is 437. The quantitative estimate of drug-likeness (QED) is 0.810. The van der Waals surface area contributed by atoms with Crippen LogP contribution in [-0.2, 0) is 4.79 Å². The number of amides is 1. The third-order valence-electron chi connectivity index (χ3n) is 1.94. The second-order valence-corrected chi connectivity index (χ2v) is 4.60. The number of ether oxygens (including phenoxy) is 1. The van der Waals surface area contributed by atoms with Crippen LogP contribution in [0, 0.1) is 0 Å². The van der Waals surface area contributed by atoms with Gasteiger partial charge in [0.2, 0.25) is 0 Å². The summed E-state index contributed by atoms with van der Waals surface area (Å²) < 4.78 is 6.22. The summed E-state index contributed by atoms with van der Waals surface area (Å²) in [6, 6.07) is 5.28. The molecule has 1 aromatic carbocycles. The van der Waals surface area contributed by atoms with Crippen molar-refractivity contribution >= 4 is 39.0 Å². The van der Waals surface area contributed by atoms with Crippen LogP contribution in [0.1, 0.15) is 12.5 Å². The van der Waals surface area contributed by atoms with Gasteiger partial charge in [-0.3, -0.25) is 4.79 Å². The first kappa shape index (κ1) is 13.9. The predicted octanol–water partition coefficient (Wildman–Crippen LogP) is 1.60. The molecular weight excluding hydrogens is 304 g/mol. The molecule has 0 aromatic heterocycles. The van der Waals surface area contributed by atoms with E-state index >= 15 is 0 Å². The SMILES string of the molecule is CCNC(=O)COc1ccc(Br)cc1C(N)=S. The molecule has 0 aliphatic heterocycles. The largest absolute Gasteiger partial charge is 0.483 e. The minimum Gasteiger partial charge on any atom is -0.483 e. The highest BCUT2D eigenvalue weighted by Gasteiger charge is 2.09. The van der Waals surface area contributed by atoms with E-state index in [0.717, 1.165) is 4.47 Å². The van der Waals surface area contributed by atoms with Gasteiger partial charge in [-0.15, -0.1) is 0 Å². The van der Waals surface area contributed by atoms with Gasteiger partial charge >= 0.3 is 0 Å². The standard InChI is InChI=1S/C11H13BrN2O2S/c1-2-14-10(15)6-16-9-4-3-7(12)5-8(9)11(13)17/h3-5H,2,6H2,1H3,(H2,13,17)(H,14,15). The van der Waals surface area contributed by atoms with E-state index in [-0.39, 0.29) is 17.5 Å². The Kier molecular flexibility index (Phi) is 5.37. The van der Waals surface area contributed by atoms with Crippen molar-refractivity contribution in [2.45, 2.75) is 6.92 Å². The summed E-state index contributed by atoms with van der Waals surface area (Å²) in [5.41, 5.74) is 6.19. The zero-order chi connectivity index (χ0) is 12.8. The highest BCUT2D eigenvalue weighted by atomic mass is 79.9. The van der Waals surface area contributed by atoms with Crippen LogP contribution in [0.5, 0.6) is 5.75 Å². The molecule has 6 heteroatoms. The Labute approximate surface area is 114 Å². The monoisotopic (exact) mass is 316 g/mol. The maximum absolute atomic E-state index is 11.3. The molecule has 0 saturated heterocycles. The molecule has 0 saturated carbocycles. The van der Waals surface area contributed by atoms with E-state index in [9.17, 15) is 4.79 Å². The summed E-state index contributed by atoms with van der Waals surface area (Å²) >= 11 is 8.24. The fraction of sp³-hybridized carbons (Fsp3) is 0.273. The zero-order valence-corrected chi connectivity index (χ0v) is 11.7. The van der Waals surface area contributed by atoms with Crippen molar-refractivity contribution in [1.29, 1.82) is 0 Å². The van der Waals surface area contributed by atoms with Crippen LogP contribution in [0.2, 0.25) is 0 Å². The molecule has 1 amide bonds. The summed E-state index contributed by atoms with van der Waals surface area (Å²) in [6.07, 6.45) is 0. The Hall–Kier alpha value is -1.14. The van der Waals surface area contributed by atoms with Gasteiger partial charge < -0.3 is 15.8 Å². The Morgan fingerprint density at radius 1 is 1.59 bits per heavy atom. The topological polar surface area (TPSA) is 64.3 Å². The van der Waals surface area contributed by atoms with Crippen LogP contribution in [-0.4, -0.2) is 24.0 Å². The second-order valence-electron chi connectivity index (χ2n) is 3.25. The lowest BCUT2D eigenvalue weighted by Crippen LogP contribution is -2.28. The van der Waals surface area contributed by atoms with Crippen LogP contribution in [0.15, 0.2) is 22.7 Å². The number of carbonyl (C=O) groups is 1. The molecule has 4 nitrogen and oxygen atoms in total. The minimum atomic E-state index is -0.177. The van der Waals surface area contributed by atoms with E-state index in [1.54, 1.807) is 18.2 Å². The normalized spacial score (nSPS) is 9.76. The number of halogens is 1. The van der Waals surface area contributed by atoms with Gasteiger partial charge in [-0.1, -0.05) is 28.1 Å². The van der Waals surface area contributed by atoms with Crippen LogP contribution >= 0.6 is 28.1 Å². The Morgan fingerprint density at radius 3 is 2.88 bits per heavy atom. The summed E-state index contributed by atoms with van der Waals surface area (Å²) in [5, 5.41) is 2.64. The highest BCUT2D eigenvalue weighted by Crippen LogP contribution is 2.23. The maximum Gasteiger partial charge on any atom is 0.257 e. The molecule has 0 atom stereocenters. The average molecular weight is 317 g/mol. The van der Waals surface area contributed by atoms with Crippen molar-refractivity contribution in [3.63, 3.8) is 0 Å². The molecule has 1 rings (SSSR count). The first-order valence-corrected chi connectivity index (χ1v) is 6.23. The van der Waals surface area contributed by atoms with Gasteiger partial charge in [0.05, 0.1) is 5.56 Å². The van der Waals surface area contributed by atoms with Crippen LogP contribution in [0.25, 0.3) is 0 Å². The third kappa shape index (κ3) is 4.32. The molecule has 0 fully saturated rings. The van der Waals surface area contributed by atoms with Gasteiger partial charge in [-0.25, -0.2) is 0 Å². The number of carbonyl (C=O) groups excluding carboxylic acids is 1. The average Bonchev–Trinajstić information content (AvgIpc) is 2.27. The van der Waals surface area contributed by atoms with Crippen molar-refractivity contribution in [2.24, 2.45) is 5.73 Å². The molecule has 0 aliphatic rings. The number of nitrogens with one attached hydrogen (secondary N) is 1. The fourth-order valence-corrected chi connectivity index (χ4v) is 1.73. The second kappa shape index (κ2) is 6.56. The highest BCUT2D eigenvalue weighted by molar-refractivity contribution is 9.10. The van der Waals surface area contributed by atoms with Gasteiger partial charge in [-0.2, -0.15) is 0 Å². The Balaban J connectivity index is 2.77. The predicted molar refractivity (Wildman–Crippen MR) is 74.2 cm³/mol. The van der Waals surface area contributed by atoms with E-state index in [4.69, 9.17) is 22.7 Å². The van der Waals surface area contributed by atoms with Gasteiger partial charge in [0.15, 0.2) is 6.61 Å². The lowest BCUT2D eigenvalue weighted by Gasteiger charge is -2.10. The number of benzene rings is 1.